The highest BCUT2D eigenvalue weighted by molar-refractivity contribution is 5.78. The van der Waals surface area contributed by atoms with E-state index in [1.54, 1.807) is 6.20 Å². The second-order valence-electron chi connectivity index (χ2n) is 6.73. The lowest BCUT2D eigenvalue weighted by molar-refractivity contribution is -0.465. The second kappa shape index (κ2) is 7.08. The number of rotatable bonds is 5. The summed E-state index contributed by atoms with van der Waals surface area (Å²) in [7, 11) is 0. The van der Waals surface area contributed by atoms with Crippen LogP contribution < -0.4 is 9.72 Å². The van der Waals surface area contributed by atoms with Crippen molar-refractivity contribution >= 4 is 22.5 Å². The first kappa shape index (κ1) is 17.0. The van der Waals surface area contributed by atoms with Crippen LogP contribution in [0.1, 0.15) is 35.6 Å². The minimum atomic E-state index is 0.678. The van der Waals surface area contributed by atoms with E-state index < -0.39 is 0 Å². The van der Waals surface area contributed by atoms with E-state index in [1.165, 1.54) is 5.56 Å². The van der Waals surface area contributed by atoms with Crippen molar-refractivity contribution in [1.29, 1.82) is 5.26 Å². The molecule has 0 bridgehead atoms. The number of nitrogens with one attached hydrogen (secondary N) is 2. The van der Waals surface area contributed by atoms with Gasteiger partial charge in [-0.15, -0.1) is 0 Å². The quantitative estimate of drug-likeness (QED) is 0.530. The van der Waals surface area contributed by atoms with Crippen molar-refractivity contribution in [2.45, 2.75) is 33.2 Å². The van der Waals surface area contributed by atoms with Crippen molar-refractivity contribution < 1.29 is 4.40 Å². The van der Waals surface area contributed by atoms with Gasteiger partial charge in [0.2, 0.25) is 11.5 Å². The maximum Gasteiger partial charge on any atom is 0.250 e. The van der Waals surface area contributed by atoms with Crippen LogP contribution >= 0.6 is 0 Å². The Balaban J connectivity index is 1.98. The monoisotopic (exact) mass is 356 g/mol. The first-order valence-corrected chi connectivity index (χ1v) is 9.25. The molecule has 0 saturated heterocycles. The normalized spacial score (nSPS) is 11.0. The minimum Gasteiger partial charge on any atom is -0.301 e. The summed E-state index contributed by atoms with van der Waals surface area (Å²) < 4.78 is 2.16. The van der Waals surface area contributed by atoms with E-state index in [1.807, 2.05) is 37.4 Å². The summed E-state index contributed by atoms with van der Waals surface area (Å²) in [6, 6.07) is 14.6. The van der Waals surface area contributed by atoms with Gasteiger partial charge in [0.1, 0.15) is 22.7 Å². The molecule has 5 nitrogen and oxygen atoms in total. The molecule has 4 aromatic rings. The highest BCUT2D eigenvalue weighted by Crippen LogP contribution is 2.26. The average Bonchev–Trinajstić information content (AvgIpc) is 3.08. The Morgan fingerprint density at radius 1 is 1.22 bits per heavy atom. The highest BCUT2D eigenvalue weighted by atomic mass is 15.1. The molecule has 0 spiro atoms. The summed E-state index contributed by atoms with van der Waals surface area (Å²) in [5, 5.41) is 13.4. The number of benzene rings is 1. The molecule has 1 aromatic carbocycles. The van der Waals surface area contributed by atoms with Crippen LogP contribution in [-0.2, 0) is 13.0 Å². The van der Waals surface area contributed by atoms with E-state index in [4.69, 9.17) is 0 Å². The molecule has 2 N–H and O–H groups in total. The van der Waals surface area contributed by atoms with Crippen molar-refractivity contribution in [2.75, 3.05) is 5.32 Å². The van der Waals surface area contributed by atoms with Crippen LogP contribution in [0.2, 0.25) is 0 Å². The summed E-state index contributed by atoms with van der Waals surface area (Å²) in [6.07, 6.45) is 5.59. The van der Waals surface area contributed by atoms with Crippen LogP contribution in [0.5, 0.6) is 0 Å². The minimum absolute atomic E-state index is 0.678. The van der Waals surface area contributed by atoms with Crippen molar-refractivity contribution in [3.05, 3.63) is 71.0 Å². The van der Waals surface area contributed by atoms with Gasteiger partial charge in [0, 0.05) is 23.5 Å². The molecule has 3 aromatic heterocycles. The van der Waals surface area contributed by atoms with E-state index in [-0.39, 0.29) is 0 Å². The molecule has 0 aliphatic rings. The third kappa shape index (κ3) is 2.89. The topological polar surface area (TPSA) is 68.6 Å². The lowest BCUT2D eigenvalue weighted by Crippen LogP contribution is -2.29. The van der Waals surface area contributed by atoms with E-state index >= 15 is 0 Å². The first-order valence-electron chi connectivity index (χ1n) is 9.25. The van der Waals surface area contributed by atoms with Crippen LogP contribution in [0.4, 0.5) is 5.82 Å². The molecule has 27 heavy (non-hydrogen) atoms. The van der Waals surface area contributed by atoms with Gasteiger partial charge in [-0.05, 0) is 37.1 Å². The molecular formula is C22H22N5+. The standard InChI is InChI=1S/C22H21N5/c1-3-7-17-15(2)18(12-23)22-26-19-9-4-5-10-20(19)27(22)21(17)25-14-16-8-6-11-24-13-16/h4-6,8-11,13H,3,7,14H2,1-2H3,(H,25,26)/p+1. The summed E-state index contributed by atoms with van der Waals surface area (Å²) in [5.41, 5.74) is 6.99. The SMILES string of the molecule is CCCc1c(C)c(C#N)c2[nH]c3ccccc3[n+]2c1NCc1cccnc1. The summed E-state index contributed by atoms with van der Waals surface area (Å²) in [5.74, 6) is 1.05. The number of para-hydroxylation sites is 2. The van der Waals surface area contributed by atoms with Gasteiger partial charge >= 0.3 is 0 Å². The molecule has 134 valence electrons. The van der Waals surface area contributed by atoms with Crippen molar-refractivity contribution in [3.63, 3.8) is 0 Å². The van der Waals surface area contributed by atoms with E-state index in [0.29, 0.717) is 12.1 Å². The van der Waals surface area contributed by atoms with Crippen LogP contribution in [0.3, 0.4) is 0 Å². The number of H-pyrrole nitrogens is 1. The Morgan fingerprint density at radius 2 is 2.07 bits per heavy atom. The second-order valence-corrected chi connectivity index (χ2v) is 6.73. The Morgan fingerprint density at radius 3 is 2.81 bits per heavy atom. The first-order chi connectivity index (χ1) is 13.2. The van der Waals surface area contributed by atoms with Crippen molar-refractivity contribution in [1.82, 2.24) is 9.97 Å². The summed E-state index contributed by atoms with van der Waals surface area (Å²) in [6.45, 7) is 4.89. The fourth-order valence-electron chi connectivity index (χ4n) is 3.69. The fraction of sp³-hybridized carbons (Fsp3) is 0.227. The molecule has 0 aliphatic carbocycles. The Bertz CT molecular complexity index is 1150. The number of hydrogen-bond donors (Lipinski definition) is 2. The highest BCUT2D eigenvalue weighted by Gasteiger charge is 2.25. The zero-order chi connectivity index (χ0) is 18.8. The van der Waals surface area contributed by atoms with Gasteiger partial charge in [-0.2, -0.15) is 9.66 Å². The lowest BCUT2D eigenvalue weighted by Gasteiger charge is -2.13. The third-order valence-electron chi connectivity index (χ3n) is 4.99. The van der Waals surface area contributed by atoms with E-state index in [9.17, 15) is 5.26 Å². The summed E-state index contributed by atoms with van der Waals surface area (Å²) in [4.78, 5) is 7.64. The lowest BCUT2D eigenvalue weighted by atomic mass is 10.0. The van der Waals surface area contributed by atoms with Gasteiger partial charge in [-0.3, -0.25) is 9.97 Å². The molecule has 0 saturated carbocycles. The number of anilines is 1. The smallest absolute Gasteiger partial charge is 0.250 e. The van der Waals surface area contributed by atoms with Gasteiger partial charge in [0.05, 0.1) is 6.54 Å². The van der Waals surface area contributed by atoms with Gasteiger partial charge in [-0.1, -0.05) is 31.5 Å². The van der Waals surface area contributed by atoms with Crippen LogP contribution in [0.15, 0.2) is 48.8 Å². The molecule has 0 unspecified atom stereocenters. The number of pyridine rings is 2. The largest absolute Gasteiger partial charge is 0.301 e. The van der Waals surface area contributed by atoms with E-state index in [0.717, 1.165) is 46.5 Å². The zero-order valence-corrected chi connectivity index (χ0v) is 15.6. The molecule has 0 aliphatic heterocycles. The van der Waals surface area contributed by atoms with Gasteiger partial charge < -0.3 is 5.32 Å². The van der Waals surface area contributed by atoms with E-state index in [2.05, 4.69) is 44.8 Å². The molecule has 0 radical (unpaired) electrons. The number of aromatic nitrogens is 3. The number of hydrogen-bond acceptors (Lipinski definition) is 3. The predicted octanol–water partition coefficient (Wildman–Crippen LogP) is 4.05. The number of fused-ring (bicyclic) bond motifs is 3. The molecular weight excluding hydrogens is 334 g/mol. The Kier molecular flexibility index (Phi) is 4.47. The van der Waals surface area contributed by atoms with Crippen LogP contribution in [0.25, 0.3) is 16.7 Å². The summed E-state index contributed by atoms with van der Waals surface area (Å²) >= 11 is 0. The van der Waals surface area contributed by atoms with Crippen molar-refractivity contribution in [3.8, 4) is 6.07 Å². The molecule has 5 heteroatoms. The van der Waals surface area contributed by atoms with Crippen LogP contribution in [0, 0.1) is 18.3 Å². The molecule has 3 heterocycles. The molecule has 0 fully saturated rings. The maximum atomic E-state index is 9.82. The van der Waals surface area contributed by atoms with Crippen LogP contribution in [-0.4, -0.2) is 9.97 Å². The number of aromatic amines is 1. The zero-order valence-electron chi connectivity index (χ0n) is 15.6. The average molecular weight is 356 g/mol. The predicted molar refractivity (Wildman–Crippen MR) is 106 cm³/mol. The van der Waals surface area contributed by atoms with Gasteiger partial charge in [0.25, 0.3) is 0 Å². The molecule has 0 amide bonds. The van der Waals surface area contributed by atoms with Gasteiger partial charge in [0.15, 0.2) is 0 Å². The maximum absolute atomic E-state index is 9.82. The Labute approximate surface area is 158 Å². The molecule has 0 atom stereocenters. The third-order valence-corrected chi connectivity index (χ3v) is 4.99. The Hall–Kier alpha value is -3.39. The number of nitriles is 1. The fourth-order valence-corrected chi connectivity index (χ4v) is 3.69. The van der Waals surface area contributed by atoms with Gasteiger partial charge in [-0.25, -0.2) is 0 Å². The van der Waals surface area contributed by atoms with Crippen molar-refractivity contribution in [2.24, 2.45) is 0 Å². The molecule has 4 rings (SSSR count). The number of nitrogens with zero attached hydrogens (tertiary/aromatic N) is 3. The number of imidazole rings is 1.